The number of phenols is 1. The predicted molar refractivity (Wildman–Crippen MR) is 76.0 cm³/mol. The standard InChI is InChI=1S/C15H21N3O/c1-12(2)9-16-10-14-6-7-17-18(14)11-13-4-3-5-15(19)8-13/h3-8,12,16,19H,9-11H2,1-2H3. The zero-order valence-corrected chi connectivity index (χ0v) is 11.5. The van der Waals surface area contributed by atoms with Crippen molar-refractivity contribution in [1.82, 2.24) is 15.1 Å². The molecule has 19 heavy (non-hydrogen) atoms. The Morgan fingerprint density at radius 3 is 2.89 bits per heavy atom. The van der Waals surface area contributed by atoms with Gasteiger partial charge in [0.2, 0.25) is 0 Å². The van der Waals surface area contributed by atoms with Crippen molar-refractivity contribution >= 4 is 0 Å². The SMILES string of the molecule is CC(C)CNCc1ccnn1Cc1cccc(O)c1. The summed E-state index contributed by atoms with van der Waals surface area (Å²) in [5.41, 5.74) is 2.21. The van der Waals surface area contributed by atoms with Crippen LogP contribution in [0.15, 0.2) is 36.5 Å². The van der Waals surface area contributed by atoms with Gasteiger partial charge < -0.3 is 10.4 Å². The van der Waals surface area contributed by atoms with E-state index in [1.807, 2.05) is 29.1 Å². The molecule has 0 spiro atoms. The van der Waals surface area contributed by atoms with E-state index in [9.17, 15) is 5.11 Å². The first-order valence-electron chi connectivity index (χ1n) is 6.64. The topological polar surface area (TPSA) is 50.1 Å². The van der Waals surface area contributed by atoms with Crippen LogP contribution >= 0.6 is 0 Å². The Bertz CT molecular complexity index is 520. The van der Waals surface area contributed by atoms with Crippen LogP contribution in [0.5, 0.6) is 5.75 Å². The van der Waals surface area contributed by atoms with Crippen LogP contribution in [-0.4, -0.2) is 21.4 Å². The highest BCUT2D eigenvalue weighted by atomic mass is 16.3. The largest absolute Gasteiger partial charge is 0.508 e. The van der Waals surface area contributed by atoms with Gasteiger partial charge in [-0.1, -0.05) is 26.0 Å². The van der Waals surface area contributed by atoms with E-state index < -0.39 is 0 Å². The summed E-state index contributed by atoms with van der Waals surface area (Å²) in [7, 11) is 0. The van der Waals surface area contributed by atoms with E-state index in [0.29, 0.717) is 18.2 Å². The first-order chi connectivity index (χ1) is 9.15. The molecule has 0 aliphatic heterocycles. The van der Waals surface area contributed by atoms with Crippen LogP contribution in [-0.2, 0) is 13.1 Å². The molecular formula is C15H21N3O. The first kappa shape index (κ1) is 13.6. The van der Waals surface area contributed by atoms with Gasteiger partial charge in [-0.25, -0.2) is 0 Å². The van der Waals surface area contributed by atoms with Crippen LogP contribution in [0.25, 0.3) is 0 Å². The zero-order valence-electron chi connectivity index (χ0n) is 11.5. The lowest BCUT2D eigenvalue weighted by Crippen LogP contribution is -2.21. The molecule has 2 aromatic rings. The molecule has 1 aromatic carbocycles. The van der Waals surface area contributed by atoms with Crippen molar-refractivity contribution in [2.24, 2.45) is 5.92 Å². The van der Waals surface area contributed by atoms with Crippen molar-refractivity contribution < 1.29 is 5.11 Å². The Kier molecular flexibility index (Phi) is 4.58. The van der Waals surface area contributed by atoms with E-state index in [4.69, 9.17) is 0 Å². The summed E-state index contributed by atoms with van der Waals surface area (Å²) >= 11 is 0. The van der Waals surface area contributed by atoms with E-state index in [2.05, 4.69) is 24.3 Å². The van der Waals surface area contributed by atoms with Crippen LogP contribution in [0, 0.1) is 5.92 Å². The summed E-state index contributed by atoms with van der Waals surface area (Å²) in [4.78, 5) is 0. The Morgan fingerprint density at radius 1 is 1.32 bits per heavy atom. The van der Waals surface area contributed by atoms with Gasteiger partial charge in [0.1, 0.15) is 5.75 Å². The fourth-order valence-electron chi connectivity index (χ4n) is 1.97. The second kappa shape index (κ2) is 6.38. The smallest absolute Gasteiger partial charge is 0.115 e. The first-order valence-corrected chi connectivity index (χ1v) is 6.64. The molecule has 0 saturated heterocycles. The minimum Gasteiger partial charge on any atom is -0.508 e. The molecule has 0 radical (unpaired) electrons. The Hall–Kier alpha value is -1.81. The van der Waals surface area contributed by atoms with Gasteiger partial charge in [0, 0.05) is 12.7 Å². The molecule has 102 valence electrons. The van der Waals surface area contributed by atoms with Crippen molar-refractivity contribution in [2.75, 3.05) is 6.54 Å². The third kappa shape index (κ3) is 4.10. The number of benzene rings is 1. The number of nitrogens with one attached hydrogen (secondary N) is 1. The quantitative estimate of drug-likeness (QED) is 0.837. The Balaban J connectivity index is 1.99. The maximum absolute atomic E-state index is 9.47. The fraction of sp³-hybridized carbons (Fsp3) is 0.400. The number of hydrogen-bond acceptors (Lipinski definition) is 3. The normalized spacial score (nSPS) is 11.1. The van der Waals surface area contributed by atoms with E-state index >= 15 is 0 Å². The van der Waals surface area contributed by atoms with Crippen LogP contribution in [0.2, 0.25) is 0 Å². The molecule has 0 saturated carbocycles. The summed E-state index contributed by atoms with van der Waals surface area (Å²) in [6.07, 6.45) is 1.81. The van der Waals surface area contributed by atoms with Crippen molar-refractivity contribution in [3.05, 3.63) is 47.8 Å². The summed E-state index contributed by atoms with van der Waals surface area (Å²) < 4.78 is 1.96. The van der Waals surface area contributed by atoms with E-state index in [1.54, 1.807) is 12.1 Å². The van der Waals surface area contributed by atoms with E-state index in [-0.39, 0.29) is 0 Å². The molecule has 4 heteroatoms. The van der Waals surface area contributed by atoms with E-state index in [1.165, 1.54) is 0 Å². The zero-order chi connectivity index (χ0) is 13.7. The minimum atomic E-state index is 0.295. The molecule has 0 fully saturated rings. The number of hydrogen-bond donors (Lipinski definition) is 2. The molecule has 0 amide bonds. The van der Waals surface area contributed by atoms with E-state index in [0.717, 1.165) is 24.3 Å². The summed E-state index contributed by atoms with van der Waals surface area (Å²) in [5.74, 6) is 0.937. The van der Waals surface area contributed by atoms with Crippen LogP contribution in [0.1, 0.15) is 25.1 Å². The fourth-order valence-corrected chi connectivity index (χ4v) is 1.97. The van der Waals surface area contributed by atoms with Gasteiger partial charge in [0.25, 0.3) is 0 Å². The van der Waals surface area contributed by atoms with Gasteiger partial charge in [-0.2, -0.15) is 5.10 Å². The van der Waals surface area contributed by atoms with Crippen LogP contribution < -0.4 is 5.32 Å². The highest BCUT2D eigenvalue weighted by molar-refractivity contribution is 5.27. The third-order valence-corrected chi connectivity index (χ3v) is 2.91. The predicted octanol–water partition coefficient (Wildman–Crippen LogP) is 2.38. The molecule has 1 heterocycles. The molecule has 0 unspecified atom stereocenters. The molecular weight excluding hydrogens is 238 g/mol. The Morgan fingerprint density at radius 2 is 2.16 bits per heavy atom. The van der Waals surface area contributed by atoms with Gasteiger partial charge in [-0.05, 0) is 36.2 Å². The lowest BCUT2D eigenvalue weighted by Gasteiger charge is -2.10. The molecule has 2 rings (SSSR count). The van der Waals surface area contributed by atoms with Crippen LogP contribution in [0.4, 0.5) is 0 Å². The highest BCUT2D eigenvalue weighted by Gasteiger charge is 2.04. The van der Waals surface area contributed by atoms with Crippen molar-refractivity contribution in [2.45, 2.75) is 26.9 Å². The number of nitrogens with zero attached hydrogens (tertiary/aromatic N) is 2. The number of aromatic hydroxyl groups is 1. The van der Waals surface area contributed by atoms with Gasteiger partial charge >= 0.3 is 0 Å². The second-order valence-corrected chi connectivity index (χ2v) is 5.17. The maximum atomic E-state index is 9.47. The molecule has 1 aromatic heterocycles. The lowest BCUT2D eigenvalue weighted by molar-refractivity contribution is 0.473. The molecule has 4 nitrogen and oxygen atoms in total. The summed E-state index contributed by atoms with van der Waals surface area (Å²) in [6.45, 7) is 6.88. The average Bonchev–Trinajstić information content (AvgIpc) is 2.76. The van der Waals surface area contributed by atoms with Crippen molar-refractivity contribution in [1.29, 1.82) is 0 Å². The molecule has 0 atom stereocenters. The summed E-state index contributed by atoms with van der Waals surface area (Å²) in [5, 5.41) is 17.2. The number of aromatic nitrogens is 2. The van der Waals surface area contributed by atoms with Crippen molar-refractivity contribution in [3.8, 4) is 5.75 Å². The molecule has 0 aliphatic rings. The van der Waals surface area contributed by atoms with Gasteiger partial charge in [-0.15, -0.1) is 0 Å². The molecule has 2 N–H and O–H groups in total. The molecule has 0 aliphatic carbocycles. The number of rotatable bonds is 6. The van der Waals surface area contributed by atoms with Gasteiger partial charge in [0.05, 0.1) is 12.2 Å². The summed E-state index contributed by atoms with van der Waals surface area (Å²) in [6, 6.07) is 9.32. The maximum Gasteiger partial charge on any atom is 0.115 e. The third-order valence-electron chi connectivity index (χ3n) is 2.91. The number of phenolic OH excluding ortho intramolecular Hbond substituents is 1. The lowest BCUT2D eigenvalue weighted by atomic mass is 10.2. The highest BCUT2D eigenvalue weighted by Crippen LogP contribution is 2.12. The van der Waals surface area contributed by atoms with Crippen molar-refractivity contribution in [3.63, 3.8) is 0 Å². The monoisotopic (exact) mass is 259 g/mol. The average molecular weight is 259 g/mol. The van der Waals surface area contributed by atoms with Crippen LogP contribution in [0.3, 0.4) is 0 Å². The minimum absolute atomic E-state index is 0.295. The molecule has 0 bridgehead atoms. The second-order valence-electron chi connectivity index (χ2n) is 5.17. The van der Waals surface area contributed by atoms with Gasteiger partial charge in [-0.3, -0.25) is 4.68 Å². The Labute approximate surface area is 114 Å². The van der Waals surface area contributed by atoms with Gasteiger partial charge in [0.15, 0.2) is 0 Å².